The Hall–Kier alpha value is -2.35. The molecule has 134 valence electrons. The van der Waals surface area contributed by atoms with Crippen LogP contribution in [0, 0.1) is 0 Å². The lowest BCUT2D eigenvalue weighted by atomic mass is 9.85. The molecule has 4 rings (SSSR count). The van der Waals surface area contributed by atoms with Crippen molar-refractivity contribution >= 4 is 16.6 Å². The Balaban J connectivity index is 1.83. The average Bonchev–Trinajstić information content (AvgIpc) is 2.65. The maximum absolute atomic E-state index is 5.01. The molecule has 0 saturated heterocycles. The van der Waals surface area contributed by atoms with Crippen molar-refractivity contribution < 1.29 is 0 Å². The molecule has 1 aromatic heterocycles. The van der Waals surface area contributed by atoms with Gasteiger partial charge < -0.3 is 5.32 Å². The van der Waals surface area contributed by atoms with Crippen molar-refractivity contribution in [1.82, 2.24) is 4.98 Å². The molecule has 3 aromatic rings. The molecule has 0 amide bonds. The zero-order chi connectivity index (χ0) is 18.1. The van der Waals surface area contributed by atoms with E-state index in [1.807, 2.05) is 0 Å². The van der Waals surface area contributed by atoms with E-state index < -0.39 is 0 Å². The lowest BCUT2D eigenvalue weighted by molar-refractivity contribution is 0.591. The number of hydrogen-bond donors (Lipinski definition) is 1. The highest BCUT2D eigenvalue weighted by atomic mass is 14.9. The van der Waals surface area contributed by atoms with Crippen LogP contribution in [0.1, 0.15) is 56.0 Å². The fraction of sp³-hybridized carbons (Fsp3) is 0.375. The standard InChI is InChI=1S/C24H28N2/c1-24(2,3)18-13-14-22-20(15-18)23(19-11-7-8-12-21(19)26-22)25-16-17-9-5-4-6-10-17/h4-6,9-10,13-15H,7-8,11-12,16H2,1-3H3,(H,25,26). The number of benzene rings is 2. The van der Waals surface area contributed by atoms with E-state index in [1.165, 1.54) is 46.3 Å². The number of rotatable bonds is 3. The van der Waals surface area contributed by atoms with Crippen LogP contribution in [0.25, 0.3) is 10.9 Å². The molecular weight excluding hydrogens is 316 g/mol. The molecule has 0 atom stereocenters. The van der Waals surface area contributed by atoms with Crippen molar-refractivity contribution in [2.75, 3.05) is 5.32 Å². The lowest BCUT2D eigenvalue weighted by Crippen LogP contribution is -2.14. The first-order chi connectivity index (χ1) is 12.5. The molecule has 0 saturated carbocycles. The van der Waals surface area contributed by atoms with Crippen molar-refractivity contribution in [2.45, 2.75) is 58.4 Å². The van der Waals surface area contributed by atoms with Gasteiger partial charge in [0.15, 0.2) is 0 Å². The fourth-order valence-corrected chi connectivity index (χ4v) is 3.88. The number of aryl methyl sites for hydroxylation is 1. The number of fused-ring (bicyclic) bond motifs is 2. The molecule has 0 aliphatic heterocycles. The van der Waals surface area contributed by atoms with Gasteiger partial charge >= 0.3 is 0 Å². The molecular formula is C24H28N2. The quantitative estimate of drug-likeness (QED) is 0.628. The molecule has 2 nitrogen and oxygen atoms in total. The second-order valence-corrected chi connectivity index (χ2v) is 8.44. The van der Waals surface area contributed by atoms with Crippen LogP contribution in [0.4, 0.5) is 5.69 Å². The maximum atomic E-state index is 5.01. The summed E-state index contributed by atoms with van der Waals surface area (Å²) in [5, 5.41) is 5.04. The molecule has 0 spiro atoms. The summed E-state index contributed by atoms with van der Waals surface area (Å²) in [4.78, 5) is 5.01. The van der Waals surface area contributed by atoms with Gasteiger partial charge in [-0.25, -0.2) is 0 Å². The molecule has 1 N–H and O–H groups in total. The Bertz CT molecular complexity index is 920. The van der Waals surface area contributed by atoms with Gasteiger partial charge in [-0.1, -0.05) is 57.2 Å². The Morgan fingerprint density at radius 1 is 0.962 bits per heavy atom. The van der Waals surface area contributed by atoms with Gasteiger partial charge in [0.2, 0.25) is 0 Å². The zero-order valence-corrected chi connectivity index (χ0v) is 16.1. The zero-order valence-electron chi connectivity index (χ0n) is 16.1. The van der Waals surface area contributed by atoms with Crippen molar-refractivity contribution in [3.8, 4) is 0 Å². The Labute approximate surface area is 156 Å². The summed E-state index contributed by atoms with van der Waals surface area (Å²) in [5.41, 5.74) is 7.97. The summed E-state index contributed by atoms with van der Waals surface area (Å²) in [7, 11) is 0. The second-order valence-electron chi connectivity index (χ2n) is 8.44. The number of nitrogens with one attached hydrogen (secondary N) is 1. The highest BCUT2D eigenvalue weighted by molar-refractivity contribution is 5.94. The van der Waals surface area contributed by atoms with E-state index in [4.69, 9.17) is 4.98 Å². The highest BCUT2D eigenvalue weighted by Gasteiger charge is 2.20. The number of nitrogens with zero attached hydrogens (tertiary/aromatic N) is 1. The van der Waals surface area contributed by atoms with Gasteiger partial charge in [0.1, 0.15) is 0 Å². The van der Waals surface area contributed by atoms with Crippen LogP contribution >= 0.6 is 0 Å². The molecule has 2 heteroatoms. The average molecular weight is 345 g/mol. The monoisotopic (exact) mass is 344 g/mol. The van der Waals surface area contributed by atoms with E-state index in [-0.39, 0.29) is 5.41 Å². The van der Waals surface area contributed by atoms with Gasteiger partial charge in [0.25, 0.3) is 0 Å². The first kappa shape index (κ1) is 17.1. The van der Waals surface area contributed by atoms with Gasteiger partial charge in [-0.15, -0.1) is 0 Å². The van der Waals surface area contributed by atoms with Crippen LogP contribution in [0.2, 0.25) is 0 Å². The van der Waals surface area contributed by atoms with Crippen molar-refractivity contribution in [3.05, 3.63) is 70.9 Å². The highest BCUT2D eigenvalue weighted by Crippen LogP contribution is 2.36. The first-order valence-corrected chi connectivity index (χ1v) is 9.76. The molecule has 0 radical (unpaired) electrons. The van der Waals surface area contributed by atoms with Crippen LogP contribution in [0.5, 0.6) is 0 Å². The molecule has 26 heavy (non-hydrogen) atoms. The summed E-state index contributed by atoms with van der Waals surface area (Å²) in [5.74, 6) is 0. The summed E-state index contributed by atoms with van der Waals surface area (Å²) < 4.78 is 0. The third-order valence-electron chi connectivity index (χ3n) is 5.44. The van der Waals surface area contributed by atoms with Crippen molar-refractivity contribution in [2.24, 2.45) is 0 Å². The summed E-state index contributed by atoms with van der Waals surface area (Å²) >= 11 is 0. The summed E-state index contributed by atoms with van der Waals surface area (Å²) in [6.07, 6.45) is 4.75. The number of aromatic nitrogens is 1. The van der Waals surface area contributed by atoms with E-state index in [0.29, 0.717) is 0 Å². The van der Waals surface area contributed by atoms with E-state index >= 15 is 0 Å². The maximum Gasteiger partial charge on any atom is 0.0726 e. The van der Waals surface area contributed by atoms with Crippen LogP contribution in [-0.2, 0) is 24.8 Å². The minimum Gasteiger partial charge on any atom is -0.380 e. The largest absolute Gasteiger partial charge is 0.380 e. The van der Waals surface area contributed by atoms with Gasteiger partial charge in [-0.2, -0.15) is 0 Å². The van der Waals surface area contributed by atoms with E-state index in [1.54, 1.807) is 0 Å². The minimum absolute atomic E-state index is 0.140. The lowest BCUT2D eigenvalue weighted by Gasteiger charge is -2.24. The van der Waals surface area contributed by atoms with Crippen molar-refractivity contribution in [1.29, 1.82) is 0 Å². The Kier molecular flexibility index (Phi) is 4.44. The number of pyridine rings is 1. The summed E-state index contributed by atoms with van der Waals surface area (Å²) in [6.45, 7) is 7.68. The molecule has 1 aliphatic rings. The van der Waals surface area contributed by atoms with E-state index in [9.17, 15) is 0 Å². The van der Waals surface area contributed by atoms with Gasteiger partial charge in [-0.05, 0) is 59.9 Å². The van der Waals surface area contributed by atoms with Gasteiger partial charge in [-0.3, -0.25) is 4.98 Å². The molecule has 0 bridgehead atoms. The van der Waals surface area contributed by atoms with Gasteiger partial charge in [0, 0.05) is 23.3 Å². The Morgan fingerprint density at radius 3 is 2.50 bits per heavy atom. The SMILES string of the molecule is CC(C)(C)c1ccc2nc3c(c(NCc4ccccc4)c2c1)CCCC3. The van der Waals surface area contributed by atoms with Crippen LogP contribution in [-0.4, -0.2) is 4.98 Å². The van der Waals surface area contributed by atoms with E-state index in [2.05, 4.69) is 74.6 Å². The molecule has 1 aliphatic carbocycles. The predicted octanol–water partition coefficient (Wildman–Crippen LogP) is 6.02. The fourth-order valence-electron chi connectivity index (χ4n) is 3.88. The smallest absolute Gasteiger partial charge is 0.0726 e. The van der Waals surface area contributed by atoms with Crippen molar-refractivity contribution in [3.63, 3.8) is 0 Å². The number of anilines is 1. The van der Waals surface area contributed by atoms with Gasteiger partial charge in [0.05, 0.1) is 5.52 Å². The molecule has 1 heterocycles. The van der Waals surface area contributed by atoms with Crippen LogP contribution in [0.3, 0.4) is 0 Å². The predicted molar refractivity (Wildman–Crippen MR) is 111 cm³/mol. The first-order valence-electron chi connectivity index (χ1n) is 9.76. The summed E-state index contributed by atoms with van der Waals surface area (Å²) in [6, 6.07) is 17.5. The minimum atomic E-state index is 0.140. The normalized spacial score (nSPS) is 14.3. The molecule has 2 aromatic carbocycles. The van der Waals surface area contributed by atoms with Crippen LogP contribution in [0.15, 0.2) is 48.5 Å². The number of hydrogen-bond acceptors (Lipinski definition) is 2. The molecule has 0 fully saturated rings. The van der Waals surface area contributed by atoms with E-state index in [0.717, 1.165) is 24.9 Å². The molecule has 0 unspecified atom stereocenters. The van der Waals surface area contributed by atoms with Crippen LogP contribution < -0.4 is 5.32 Å². The second kappa shape index (κ2) is 6.75. The third kappa shape index (κ3) is 3.33. The Morgan fingerprint density at radius 2 is 1.73 bits per heavy atom. The topological polar surface area (TPSA) is 24.9 Å². The third-order valence-corrected chi connectivity index (χ3v) is 5.44.